The van der Waals surface area contributed by atoms with Gasteiger partial charge in [-0.3, -0.25) is 4.79 Å². The third-order valence-corrected chi connectivity index (χ3v) is 6.17. The summed E-state index contributed by atoms with van der Waals surface area (Å²) in [6, 6.07) is 10.9. The number of rotatable bonds is 5. The molecule has 2 aromatic rings. The number of nitrogens with zero attached hydrogens (tertiary/aromatic N) is 2. The maximum atomic E-state index is 12.9. The molecule has 4 nitrogen and oxygen atoms in total. The Bertz CT molecular complexity index is 759. The van der Waals surface area contributed by atoms with Crippen molar-refractivity contribution in [3.63, 3.8) is 0 Å². The fourth-order valence-corrected chi connectivity index (χ4v) is 4.14. The summed E-state index contributed by atoms with van der Waals surface area (Å²) in [6.45, 7) is 3.15. The first-order valence-corrected chi connectivity index (χ1v) is 10.3. The number of pyridine rings is 1. The summed E-state index contributed by atoms with van der Waals surface area (Å²) in [4.78, 5) is 19.1. The van der Waals surface area contributed by atoms with Crippen LogP contribution in [0.15, 0.2) is 47.6 Å². The number of likely N-dealkylation sites (tertiary alicyclic amines) is 1. The van der Waals surface area contributed by atoms with Gasteiger partial charge in [0.1, 0.15) is 5.03 Å². The Morgan fingerprint density at radius 2 is 1.96 bits per heavy atom. The molecule has 0 atom stereocenters. The van der Waals surface area contributed by atoms with Crippen LogP contribution in [-0.2, 0) is 5.60 Å². The van der Waals surface area contributed by atoms with Crippen molar-refractivity contribution in [3.05, 3.63) is 58.7 Å². The van der Waals surface area contributed by atoms with E-state index < -0.39 is 5.60 Å². The van der Waals surface area contributed by atoms with E-state index in [4.69, 9.17) is 11.6 Å². The van der Waals surface area contributed by atoms with E-state index in [-0.39, 0.29) is 5.91 Å². The van der Waals surface area contributed by atoms with Gasteiger partial charge < -0.3 is 10.0 Å². The molecule has 1 aliphatic rings. The lowest BCUT2D eigenvalue weighted by molar-refractivity contribution is -0.0212. The maximum absolute atomic E-state index is 12.9. The van der Waals surface area contributed by atoms with Gasteiger partial charge in [-0.1, -0.05) is 30.7 Å². The van der Waals surface area contributed by atoms with Gasteiger partial charge in [0.05, 0.1) is 11.2 Å². The Hall–Kier alpha value is -1.56. The minimum Gasteiger partial charge on any atom is -0.385 e. The van der Waals surface area contributed by atoms with Crippen molar-refractivity contribution in [2.75, 3.05) is 18.8 Å². The topological polar surface area (TPSA) is 53.4 Å². The molecular weight excluding hydrogens is 368 g/mol. The van der Waals surface area contributed by atoms with Crippen LogP contribution < -0.4 is 0 Å². The summed E-state index contributed by atoms with van der Waals surface area (Å²) in [7, 11) is 0. The third kappa shape index (κ3) is 4.22. The molecular formula is C20H23ClN2O2S. The van der Waals surface area contributed by atoms with Gasteiger partial charge in [0.15, 0.2) is 0 Å². The predicted molar refractivity (Wildman–Crippen MR) is 106 cm³/mol. The molecule has 26 heavy (non-hydrogen) atoms. The van der Waals surface area contributed by atoms with Crippen molar-refractivity contribution in [1.29, 1.82) is 0 Å². The number of carbonyl (C=O) groups excluding carboxylic acids is 1. The number of benzene rings is 1. The lowest BCUT2D eigenvalue weighted by atomic mass is 9.84. The standard InChI is InChI=1S/C20H23ClN2O2S/c1-2-14-26-18-17(4-3-11-22-18)19(24)23-12-9-20(25,10-13-23)15-5-7-16(21)8-6-15/h3-8,11,25H,2,9-10,12-14H2,1H3. The average molecular weight is 391 g/mol. The van der Waals surface area contributed by atoms with Gasteiger partial charge in [0.2, 0.25) is 0 Å². The van der Waals surface area contributed by atoms with Crippen LogP contribution in [0.3, 0.4) is 0 Å². The molecule has 2 heterocycles. The predicted octanol–water partition coefficient (Wildman–Crippen LogP) is 4.36. The van der Waals surface area contributed by atoms with E-state index in [1.165, 1.54) is 0 Å². The van der Waals surface area contributed by atoms with Crippen molar-refractivity contribution in [1.82, 2.24) is 9.88 Å². The van der Waals surface area contributed by atoms with Gasteiger partial charge >= 0.3 is 0 Å². The fourth-order valence-electron chi connectivity index (χ4n) is 3.17. The Morgan fingerprint density at radius 1 is 1.27 bits per heavy atom. The number of carbonyl (C=O) groups is 1. The van der Waals surface area contributed by atoms with Crippen molar-refractivity contribution in [2.45, 2.75) is 36.8 Å². The second-order valence-electron chi connectivity index (χ2n) is 6.54. The molecule has 0 unspecified atom stereocenters. The van der Waals surface area contributed by atoms with E-state index >= 15 is 0 Å². The van der Waals surface area contributed by atoms with E-state index in [0.717, 1.165) is 22.8 Å². The zero-order valence-electron chi connectivity index (χ0n) is 14.8. The summed E-state index contributed by atoms with van der Waals surface area (Å²) >= 11 is 7.55. The highest BCUT2D eigenvalue weighted by atomic mass is 35.5. The monoisotopic (exact) mass is 390 g/mol. The third-order valence-electron chi connectivity index (χ3n) is 4.70. The molecule has 1 amide bonds. The summed E-state index contributed by atoms with van der Waals surface area (Å²) in [5.41, 5.74) is 0.605. The Labute approximate surface area is 163 Å². The van der Waals surface area contributed by atoms with Crippen LogP contribution in [0.5, 0.6) is 0 Å². The largest absolute Gasteiger partial charge is 0.385 e. The second-order valence-corrected chi connectivity index (χ2v) is 8.06. The summed E-state index contributed by atoms with van der Waals surface area (Å²) < 4.78 is 0. The molecule has 0 aliphatic carbocycles. The number of aromatic nitrogens is 1. The van der Waals surface area contributed by atoms with Crippen LogP contribution in [0.1, 0.15) is 42.1 Å². The lowest BCUT2D eigenvalue weighted by Crippen LogP contribution is -2.45. The van der Waals surface area contributed by atoms with Gasteiger partial charge in [0.25, 0.3) is 5.91 Å². The van der Waals surface area contributed by atoms with Gasteiger partial charge in [-0.25, -0.2) is 4.98 Å². The van der Waals surface area contributed by atoms with Gasteiger partial charge in [0, 0.05) is 24.3 Å². The fraction of sp³-hybridized carbons (Fsp3) is 0.400. The van der Waals surface area contributed by atoms with E-state index in [0.29, 0.717) is 36.5 Å². The van der Waals surface area contributed by atoms with E-state index in [9.17, 15) is 9.90 Å². The zero-order chi connectivity index (χ0) is 18.6. The zero-order valence-corrected chi connectivity index (χ0v) is 16.4. The van der Waals surface area contributed by atoms with Gasteiger partial charge in [-0.2, -0.15) is 0 Å². The second kappa shape index (κ2) is 8.42. The molecule has 6 heteroatoms. The summed E-state index contributed by atoms with van der Waals surface area (Å²) in [5, 5.41) is 12.4. The number of aliphatic hydroxyl groups is 1. The normalized spacial score (nSPS) is 16.5. The van der Waals surface area contributed by atoms with Crippen LogP contribution in [0.25, 0.3) is 0 Å². The molecule has 1 aliphatic heterocycles. The Kier molecular flexibility index (Phi) is 6.22. The first-order valence-electron chi connectivity index (χ1n) is 8.89. The molecule has 0 bridgehead atoms. The molecule has 1 N–H and O–H groups in total. The number of hydrogen-bond acceptors (Lipinski definition) is 4. The van der Waals surface area contributed by atoms with E-state index in [2.05, 4.69) is 11.9 Å². The Morgan fingerprint density at radius 3 is 2.62 bits per heavy atom. The molecule has 0 saturated carbocycles. The number of piperidine rings is 1. The summed E-state index contributed by atoms with van der Waals surface area (Å²) in [6.07, 6.45) is 3.78. The molecule has 0 spiro atoms. The van der Waals surface area contributed by atoms with Crippen molar-refractivity contribution in [3.8, 4) is 0 Å². The summed E-state index contributed by atoms with van der Waals surface area (Å²) in [5.74, 6) is 0.933. The number of hydrogen-bond donors (Lipinski definition) is 1. The molecule has 1 fully saturated rings. The first kappa shape index (κ1) is 19.2. The smallest absolute Gasteiger partial charge is 0.256 e. The highest BCUT2D eigenvalue weighted by Gasteiger charge is 2.36. The molecule has 1 aromatic carbocycles. The van der Waals surface area contributed by atoms with Crippen LogP contribution in [0.4, 0.5) is 0 Å². The van der Waals surface area contributed by atoms with Gasteiger partial charge in [-0.15, -0.1) is 11.8 Å². The average Bonchev–Trinajstić information content (AvgIpc) is 2.67. The molecule has 138 valence electrons. The molecule has 0 radical (unpaired) electrons. The van der Waals surface area contributed by atoms with Crippen LogP contribution in [0.2, 0.25) is 5.02 Å². The molecule has 1 aromatic heterocycles. The SMILES string of the molecule is CCCSc1ncccc1C(=O)N1CCC(O)(c2ccc(Cl)cc2)CC1. The van der Waals surface area contributed by atoms with Crippen LogP contribution >= 0.6 is 23.4 Å². The van der Waals surface area contributed by atoms with Crippen molar-refractivity contribution >= 4 is 29.3 Å². The van der Waals surface area contributed by atoms with Crippen molar-refractivity contribution in [2.24, 2.45) is 0 Å². The number of halogens is 1. The minimum absolute atomic E-state index is 0.00476. The highest BCUT2D eigenvalue weighted by Crippen LogP contribution is 2.34. The van der Waals surface area contributed by atoms with Crippen LogP contribution in [-0.4, -0.2) is 39.7 Å². The Balaban J connectivity index is 1.70. The molecule has 3 rings (SSSR count). The molecule has 1 saturated heterocycles. The van der Waals surface area contributed by atoms with E-state index in [1.54, 1.807) is 36.2 Å². The maximum Gasteiger partial charge on any atom is 0.256 e. The minimum atomic E-state index is -0.907. The highest BCUT2D eigenvalue weighted by molar-refractivity contribution is 7.99. The quantitative estimate of drug-likeness (QED) is 0.770. The lowest BCUT2D eigenvalue weighted by Gasteiger charge is -2.38. The first-order chi connectivity index (χ1) is 12.5. The number of thioether (sulfide) groups is 1. The van der Waals surface area contributed by atoms with Crippen LogP contribution in [0, 0.1) is 0 Å². The van der Waals surface area contributed by atoms with E-state index in [1.807, 2.05) is 23.1 Å². The van der Waals surface area contributed by atoms with Gasteiger partial charge in [-0.05, 0) is 54.8 Å². The van der Waals surface area contributed by atoms with Crippen molar-refractivity contribution < 1.29 is 9.90 Å². The number of amides is 1.